The van der Waals surface area contributed by atoms with E-state index in [-0.39, 0.29) is 11.9 Å². The molecule has 1 aliphatic heterocycles. The standard InChI is InChI=1S/C17H16N2O3/c20-16-9-8-15(22-16)17(21)19(14-6-2-1-3-7-14)12-13-5-4-10-18-11-13/h1-7,10-11,15H,8-9,12H2/t15-/m1/s1. The zero-order chi connectivity index (χ0) is 15.4. The van der Waals surface area contributed by atoms with E-state index in [2.05, 4.69) is 4.98 Å². The Hall–Kier alpha value is -2.69. The molecule has 1 atom stereocenters. The Morgan fingerprint density at radius 3 is 2.68 bits per heavy atom. The number of carbonyl (C=O) groups excluding carboxylic acids is 2. The largest absolute Gasteiger partial charge is 0.452 e. The lowest BCUT2D eigenvalue weighted by molar-refractivity contribution is -0.147. The van der Waals surface area contributed by atoms with Crippen LogP contribution >= 0.6 is 0 Å². The fraction of sp³-hybridized carbons (Fsp3) is 0.235. The molecule has 0 spiro atoms. The van der Waals surface area contributed by atoms with Crippen molar-refractivity contribution in [3.63, 3.8) is 0 Å². The van der Waals surface area contributed by atoms with Gasteiger partial charge in [-0.1, -0.05) is 24.3 Å². The summed E-state index contributed by atoms with van der Waals surface area (Å²) in [6, 6.07) is 13.1. The van der Waals surface area contributed by atoms with Crippen molar-refractivity contribution in [1.82, 2.24) is 4.98 Å². The van der Waals surface area contributed by atoms with Gasteiger partial charge in [-0.2, -0.15) is 0 Å². The first-order valence-electron chi connectivity index (χ1n) is 7.19. The van der Waals surface area contributed by atoms with Crippen LogP contribution in [0.1, 0.15) is 18.4 Å². The lowest BCUT2D eigenvalue weighted by Crippen LogP contribution is -2.38. The summed E-state index contributed by atoms with van der Waals surface area (Å²) in [5.41, 5.74) is 1.70. The molecule has 3 rings (SSSR count). The highest BCUT2D eigenvalue weighted by molar-refractivity contribution is 5.98. The van der Waals surface area contributed by atoms with E-state index in [0.29, 0.717) is 19.4 Å². The second-order valence-electron chi connectivity index (χ2n) is 5.14. The second-order valence-corrected chi connectivity index (χ2v) is 5.14. The van der Waals surface area contributed by atoms with Gasteiger partial charge in [-0.25, -0.2) is 0 Å². The van der Waals surface area contributed by atoms with E-state index in [1.807, 2.05) is 42.5 Å². The average molecular weight is 296 g/mol. The number of nitrogens with zero attached hydrogens (tertiary/aromatic N) is 2. The number of rotatable bonds is 4. The molecule has 2 heterocycles. The molecule has 0 bridgehead atoms. The van der Waals surface area contributed by atoms with Crippen molar-refractivity contribution < 1.29 is 14.3 Å². The smallest absolute Gasteiger partial charge is 0.306 e. The molecule has 1 amide bonds. The molecule has 112 valence electrons. The van der Waals surface area contributed by atoms with Crippen molar-refractivity contribution >= 4 is 17.6 Å². The summed E-state index contributed by atoms with van der Waals surface area (Å²) >= 11 is 0. The van der Waals surface area contributed by atoms with Crippen LogP contribution in [0.5, 0.6) is 0 Å². The summed E-state index contributed by atoms with van der Waals surface area (Å²) in [4.78, 5) is 29.7. The number of aromatic nitrogens is 1. The van der Waals surface area contributed by atoms with Crippen LogP contribution in [0.2, 0.25) is 0 Å². The fourth-order valence-electron chi connectivity index (χ4n) is 2.45. The van der Waals surface area contributed by atoms with Crippen LogP contribution in [-0.2, 0) is 20.9 Å². The highest BCUT2D eigenvalue weighted by atomic mass is 16.6. The summed E-state index contributed by atoms with van der Waals surface area (Å²) in [5, 5.41) is 0. The van der Waals surface area contributed by atoms with Crippen LogP contribution in [0.15, 0.2) is 54.9 Å². The van der Waals surface area contributed by atoms with Gasteiger partial charge >= 0.3 is 5.97 Å². The molecule has 2 aromatic rings. The Labute approximate surface area is 128 Å². The van der Waals surface area contributed by atoms with Gasteiger partial charge in [-0.3, -0.25) is 14.6 Å². The molecular formula is C17H16N2O3. The molecule has 0 saturated carbocycles. The maximum atomic E-state index is 12.7. The van der Waals surface area contributed by atoms with Gasteiger partial charge in [0.2, 0.25) is 0 Å². The van der Waals surface area contributed by atoms with Crippen molar-refractivity contribution in [3.05, 3.63) is 60.4 Å². The third-order valence-corrected chi connectivity index (χ3v) is 3.56. The van der Waals surface area contributed by atoms with Crippen molar-refractivity contribution in [2.75, 3.05) is 4.90 Å². The number of cyclic esters (lactones) is 1. The van der Waals surface area contributed by atoms with E-state index in [1.54, 1.807) is 17.3 Å². The number of ether oxygens (including phenoxy) is 1. The Morgan fingerprint density at radius 2 is 2.05 bits per heavy atom. The number of hydrogen-bond donors (Lipinski definition) is 0. The summed E-state index contributed by atoms with van der Waals surface area (Å²) in [5.74, 6) is -0.506. The molecule has 0 radical (unpaired) electrons. The maximum Gasteiger partial charge on any atom is 0.306 e. The lowest BCUT2D eigenvalue weighted by atomic mass is 10.1. The predicted octanol–water partition coefficient (Wildman–Crippen LogP) is 2.32. The highest BCUT2D eigenvalue weighted by Gasteiger charge is 2.33. The first-order valence-corrected chi connectivity index (χ1v) is 7.19. The van der Waals surface area contributed by atoms with Gasteiger partial charge < -0.3 is 9.64 Å². The monoisotopic (exact) mass is 296 g/mol. The number of benzene rings is 1. The summed E-state index contributed by atoms with van der Waals surface area (Å²) < 4.78 is 5.12. The number of amides is 1. The molecule has 22 heavy (non-hydrogen) atoms. The maximum absolute atomic E-state index is 12.7. The normalized spacial score (nSPS) is 17.1. The molecule has 0 N–H and O–H groups in total. The van der Waals surface area contributed by atoms with Crippen LogP contribution in [0.25, 0.3) is 0 Å². The van der Waals surface area contributed by atoms with Gasteiger partial charge in [0.1, 0.15) is 0 Å². The summed E-state index contributed by atoms with van der Waals surface area (Å²) in [6.45, 7) is 0.394. The van der Waals surface area contributed by atoms with Gasteiger partial charge in [-0.05, 0) is 23.8 Å². The molecule has 5 nitrogen and oxygen atoms in total. The minimum atomic E-state index is -0.690. The number of pyridine rings is 1. The summed E-state index contributed by atoms with van der Waals surface area (Å²) in [6.07, 6.45) is 3.46. The zero-order valence-electron chi connectivity index (χ0n) is 12.0. The molecule has 1 fully saturated rings. The van der Waals surface area contributed by atoms with Crippen LogP contribution in [-0.4, -0.2) is 23.0 Å². The minimum absolute atomic E-state index is 0.194. The Kier molecular flexibility index (Phi) is 4.14. The number of anilines is 1. The summed E-state index contributed by atoms with van der Waals surface area (Å²) in [7, 11) is 0. The lowest BCUT2D eigenvalue weighted by Gasteiger charge is -2.25. The number of esters is 1. The molecule has 1 aromatic heterocycles. The van der Waals surface area contributed by atoms with Crippen LogP contribution in [0.4, 0.5) is 5.69 Å². The Morgan fingerprint density at radius 1 is 1.23 bits per heavy atom. The van der Waals surface area contributed by atoms with Gasteiger partial charge in [-0.15, -0.1) is 0 Å². The van der Waals surface area contributed by atoms with E-state index in [1.165, 1.54) is 0 Å². The zero-order valence-corrected chi connectivity index (χ0v) is 12.0. The average Bonchev–Trinajstić information content (AvgIpc) is 3.00. The van der Waals surface area contributed by atoms with Crippen molar-refractivity contribution in [3.8, 4) is 0 Å². The molecule has 0 unspecified atom stereocenters. The van der Waals surface area contributed by atoms with Crippen LogP contribution in [0.3, 0.4) is 0 Å². The predicted molar refractivity (Wildman–Crippen MR) is 81.0 cm³/mol. The van der Waals surface area contributed by atoms with Gasteiger partial charge in [0.25, 0.3) is 5.91 Å². The Bertz CT molecular complexity index is 658. The topological polar surface area (TPSA) is 59.5 Å². The van der Waals surface area contributed by atoms with Gasteiger partial charge in [0.05, 0.1) is 6.54 Å². The van der Waals surface area contributed by atoms with Gasteiger partial charge in [0.15, 0.2) is 6.10 Å². The number of hydrogen-bond acceptors (Lipinski definition) is 4. The number of para-hydroxylation sites is 1. The van der Waals surface area contributed by atoms with E-state index < -0.39 is 6.10 Å². The molecule has 5 heteroatoms. The van der Waals surface area contributed by atoms with Gasteiger partial charge in [0, 0.05) is 30.9 Å². The minimum Gasteiger partial charge on any atom is -0.452 e. The fourth-order valence-corrected chi connectivity index (χ4v) is 2.45. The molecule has 1 aromatic carbocycles. The third kappa shape index (κ3) is 3.14. The van der Waals surface area contributed by atoms with Crippen molar-refractivity contribution in [1.29, 1.82) is 0 Å². The quantitative estimate of drug-likeness (QED) is 0.812. The third-order valence-electron chi connectivity index (χ3n) is 3.56. The molecular weight excluding hydrogens is 280 g/mol. The van der Waals surface area contributed by atoms with Crippen LogP contribution < -0.4 is 4.90 Å². The van der Waals surface area contributed by atoms with E-state index in [4.69, 9.17) is 4.74 Å². The second kappa shape index (κ2) is 6.39. The highest BCUT2D eigenvalue weighted by Crippen LogP contribution is 2.22. The first-order chi connectivity index (χ1) is 10.7. The SMILES string of the molecule is O=C1CC[C@H](C(=O)N(Cc2cccnc2)c2ccccc2)O1. The Balaban J connectivity index is 1.86. The number of carbonyl (C=O) groups is 2. The molecule has 0 aliphatic carbocycles. The molecule has 1 saturated heterocycles. The van der Waals surface area contributed by atoms with Crippen molar-refractivity contribution in [2.45, 2.75) is 25.5 Å². The van der Waals surface area contributed by atoms with Crippen LogP contribution in [0, 0.1) is 0 Å². The molecule has 1 aliphatic rings. The van der Waals surface area contributed by atoms with E-state index in [0.717, 1.165) is 11.3 Å². The van der Waals surface area contributed by atoms with E-state index >= 15 is 0 Å². The van der Waals surface area contributed by atoms with E-state index in [9.17, 15) is 9.59 Å². The van der Waals surface area contributed by atoms with Crippen molar-refractivity contribution in [2.24, 2.45) is 0 Å². The first kappa shape index (κ1) is 14.3.